The Balaban J connectivity index is 1.92. The average molecular weight is 500 g/mol. The van der Waals surface area contributed by atoms with Gasteiger partial charge in [-0.3, -0.25) is 4.79 Å². The Kier molecular flexibility index (Phi) is 10.1. The van der Waals surface area contributed by atoms with Gasteiger partial charge in [0.05, 0.1) is 0 Å². The normalized spacial score (nSPS) is 11.5. The second-order valence-corrected chi connectivity index (χ2v) is 10.2. The summed E-state index contributed by atoms with van der Waals surface area (Å²) in [5.74, 6) is 0.749. The monoisotopic (exact) mass is 499 g/mol. The van der Waals surface area contributed by atoms with Gasteiger partial charge in [-0.15, -0.1) is 0 Å². The van der Waals surface area contributed by atoms with Gasteiger partial charge in [0.15, 0.2) is 5.78 Å². The molecule has 0 saturated heterocycles. The van der Waals surface area contributed by atoms with E-state index in [1.54, 1.807) is 6.08 Å². The Morgan fingerprint density at radius 2 is 1.46 bits per heavy atom. The van der Waals surface area contributed by atoms with E-state index in [-0.39, 0.29) is 5.78 Å². The van der Waals surface area contributed by atoms with E-state index < -0.39 is 0 Å². The van der Waals surface area contributed by atoms with Crippen molar-refractivity contribution in [3.8, 4) is 16.9 Å². The number of ether oxygens (including phenoxy) is 1. The van der Waals surface area contributed by atoms with Gasteiger partial charge in [0, 0.05) is 43.5 Å². The molecule has 5 heteroatoms. The molecule has 37 heavy (non-hydrogen) atoms. The molecular weight excluding hydrogens is 458 g/mol. The van der Waals surface area contributed by atoms with E-state index in [0.29, 0.717) is 12.2 Å². The second kappa shape index (κ2) is 13.2. The Labute approximate surface area is 223 Å². The summed E-state index contributed by atoms with van der Waals surface area (Å²) >= 11 is 0. The first-order chi connectivity index (χ1) is 17.6. The maximum absolute atomic E-state index is 13.4. The molecule has 0 spiro atoms. The van der Waals surface area contributed by atoms with Crippen molar-refractivity contribution in [2.45, 2.75) is 13.8 Å². The number of hydrogen-bond acceptors (Lipinski definition) is 5. The van der Waals surface area contributed by atoms with Gasteiger partial charge in [-0.25, -0.2) is 0 Å². The summed E-state index contributed by atoms with van der Waals surface area (Å²) < 4.78 is 6.12. The molecule has 0 aliphatic carbocycles. The number of hydrogen-bond donors (Lipinski definition) is 0. The van der Waals surface area contributed by atoms with Crippen LogP contribution in [-0.2, 0) is 0 Å². The van der Waals surface area contributed by atoms with E-state index >= 15 is 0 Å². The summed E-state index contributed by atoms with van der Waals surface area (Å²) in [4.78, 5) is 19.7. The SMILES string of the molecule is Cc1cc(C)cc(-c2ccc(OCCN(C)C)c(C=CC(=O)c3ccccc3N(C)CCN(C)C)c2)c1. The number of nitrogens with zero attached hydrogens (tertiary/aromatic N) is 3. The molecule has 0 heterocycles. The lowest BCUT2D eigenvalue weighted by atomic mass is 9.98. The zero-order chi connectivity index (χ0) is 26.9. The van der Waals surface area contributed by atoms with Gasteiger partial charge in [-0.1, -0.05) is 47.5 Å². The van der Waals surface area contributed by atoms with Crippen LogP contribution in [0, 0.1) is 13.8 Å². The van der Waals surface area contributed by atoms with Crippen molar-refractivity contribution >= 4 is 17.5 Å². The van der Waals surface area contributed by atoms with Crippen LogP contribution in [0.5, 0.6) is 5.75 Å². The third kappa shape index (κ3) is 8.31. The summed E-state index contributed by atoms with van der Waals surface area (Å²) in [6.45, 7) is 7.36. The number of allylic oxidation sites excluding steroid dienone is 1. The highest BCUT2D eigenvalue weighted by Crippen LogP contribution is 2.30. The summed E-state index contributed by atoms with van der Waals surface area (Å²) in [6, 6.07) is 20.6. The van der Waals surface area contributed by atoms with Crippen molar-refractivity contribution in [3.63, 3.8) is 0 Å². The lowest BCUT2D eigenvalue weighted by molar-refractivity contribution is 0.104. The predicted molar refractivity (Wildman–Crippen MR) is 157 cm³/mol. The third-order valence-electron chi connectivity index (χ3n) is 6.24. The highest BCUT2D eigenvalue weighted by atomic mass is 16.5. The average Bonchev–Trinajstić information content (AvgIpc) is 2.85. The number of rotatable bonds is 12. The van der Waals surface area contributed by atoms with E-state index in [2.05, 4.69) is 73.0 Å². The number of carbonyl (C=O) groups is 1. The minimum atomic E-state index is -0.0247. The van der Waals surface area contributed by atoms with Crippen LogP contribution in [0.15, 0.2) is 66.7 Å². The van der Waals surface area contributed by atoms with Crippen molar-refractivity contribution in [1.29, 1.82) is 0 Å². The molecule has 0 aromatic heterocycles. The van der Waals surface area contributed by atoms with Crippen LogP contribution < -0.4 is 9.64 Å². The van der Waals surface area contributed by atoms with Crippen molar-refractivity contribution in [3.05, 3.63) is 89.0 Å². The summed E-state index contributed by atoms with van der Waals surface area (Å²) in [5.41, 5.74) is 7.23. The summed E-state index contributed by atoms with van der Waals surface area (Å²) in [7, 11) is 10.2. The zero-order valence-corrected chi connectivity index (χ0v) is 23.4. The maximum Gasteiger partial charge on any atom is 0.187 e. The summed E-state index contributed by atoms with van der Waals surface area (Å²) in [5, 5.41) is 0. The van der Waals surface area contributed by atoms with Gasteiger partial charge >= 0.3 is 0 Å². The first-order valence-electron chi connectivity index (χ1n) is 12.8. The minimum absolute atomic E-state index is 0.0247. The van der Waals surface area contributed by atoms with Gasteiger partial charge in [0.2, 0.25) is 0 Å². The molecule has 0 N–H and O–H groups in total. The standard InChI is InChI=1S/C32H41N3O2/c1-24-20-25(2)22-28(21-24)26-13-15-32(37-19-18-34(5)6)27(23-26)12-14-31(36)29-10-8-9-11-30(29)35(7)17-16-33(3)4/h8-15,20-23H,16-19H2,1-7H3. The van der Waals surface area contributed by atoms with Crippen molar-refractivity contribution < 1.29 is 9.53 Å². The molecule has 196 valence electrons. The molecule has 3 aromatic rings. The molecule has 3 rings (SSSR count). The number of aryl methyl sites for hydroxylation is 2. The fraction of sp³-hybridized carbons (Fsp3) is 0.344. The summed E-state index contributed by atoms with van der Waals surface area (Å²) in [6.07, 6.45) is 3.55. The molecule has 5 nitrogen and oxygen atoms in total. The smallest absolute Gasteiger partial charge is 0.187 e. The second-order valence-electron chi connectivity index (χ2n) is 10.2. The number of carbonyl (C=O) groups excluding carboxylic acids is 1. The van der Waals surface area contributed by atoms with Crippen molar-refractivity contribution in [2.24, 2.45) is 0 Å². The Morgan fingerprint density at radius 3 is 2.14 bits per heavy atom. The predicted octanol–water partition coefficient (Wildman–Crippen LogP) is 5.80. The van der Waals surface area contributed by atoms with Crippen LogP contribution in [0.4, 0.5) is 5.69 Å². The zero-order valence-electron chi connectivity index (χ0n) is 23.4. The molecule has 0 aliphatic rings. The van der Waals surface area contributed by atoms with Crippen LogP contribution in [0.2, 0.25) is 0 Å². The number of likely N-dealkylation sites (N-methyl/N-ethyl adjacent to an activating group) is 3. The van der Waals surface area contributed by atoms with Gasteiger partial charge in [-0.2, -0.15) is 0 Å². The van der Waals surface area contributed by atoms with Crippen LogP contribution in [0.25, 0.3) is 17.2 Å². The van der Waals surface area contributed by atoms with Gasteiger partial charge < -0.3 is 19.4 Å². The Bertz CT molecular complexity index is 1210. The Morgan fingerprint density at radius 1 is 0.784 bits per heavy atom. The molecule has 3 aromatic carbocycles. The first-order valence-corrected chi connectivity index (χ1v) is 12.8. The highest BCUT2D eigenvalue weighted by molar-refractivity contribution is 6.10. The lowest BCUT2D eigenvalue weighted by Crippen LogP contribution is -2.29. The van der Waals surface area contributed by atoms with Crippen LogP contribution >= 0.6 is 0 Å². The first kappa shape index (κ1) is 28.2. The minimum Gasteiger partial charge on any atom is -0.492 e. The fourth-order valence-corrected chi connectivity index (χ4v) is 4.21. The van der Waals surface area contributed by atoms with Crippen LogP contribution in [-0.4, -0.2) is 77.1 Å². The van der Waals surface area contributed by atoms with Gasteiger partial charge in [0.1, 0.15) is 12.4 Å². The molecular formula is C32H41N3O2. The maximum atomic E-state index is 13.4. The molecule has 0 unspecified atom stereocenters. The molecule has 0 fully saturated rings. The van der Waals surface area contributed by atoms with E-state index in [4.69, 9.17) is 4.74 Å². The van der Waals surface area contributed by atoms with E-state index in [1.165, 1.54) is 11.1 Å². The van der Waals surface area contributed by atoms with E-state index in [0.717, 1.165) is 47.8 Å². The molecule has 0 aliphatic heterocycles. The number of benzene rings is 3. The number of para-hydroxylation sites is 1. The van der Waals surface area contributed by atoms with Crippen molar-refractivity contribution in [1.82, 2.24) is 9.80 Å². The fourth-order valence-electron chi connectivity index (χ4n) is 4.21. The highest BCUT2D eigenvalue weighted by Gasteiger charge is 2.13. The molecule has 0 radical (unpaired) electrons. The lowest BCUT2D eigenvalue weighted by Gasteiger charge is -2.23. The molecule has 0 atom stereocenters. The third-order valence-corrected chi connectivity index (χ3v) is 6.24. The topological polar surface area (TPSA) is 36.0 Å². The molecule has 0 bridgehead atoms. The van der Waals surface area contributed by atoms with E-state index in [9.17, 15) is 4.79 Å². The molecule has 0 saturated carbocycles. The number of anilines is 1. The van der Waals surface area contributed by atoms with E-state index in [1.807, 2.05) is 57.6 Å². The quantitative estimate of drug-likeness (QED) is 0.232. The van der Waals surface area contributed by atoms with Crippen molar-refractivity contribution in [2.75, 3.05) is 66.4 Å². The number of ketones is 1. The largest absolute Gasteiger partial charge is 0.492 e. The van der Waals surface area contributed by atoms with Gasteiger partial charge in [-0.05, 0) is 89.6 Å². The van der Waals surface area contributed by atoms with Crippen LogP contribution in [0.1, 0.15) is 27.0 Å². The Hall–Kier alpha value is -3.41. The molecule has 0 amide bonds. The van der Waals surface area contributed by atoms with Gasteiger partial charge in [0.25, 0.3) is 0 Å². The van der Waals surface area contributed by atoms with Crippen LogP contribution in [0.3, 0.4) is 0 Å².